The zero-order chi connectivity index (χ0) is 33.2. The smallest absolute Gasteiger partial charge is 0.326 e. The first-order valence-electron chi connectivity index (χ1n) is 15.8. The van der Waals surface area contributed by atoms with Crippen LogP contribution in [0.4, 0.5) is 0 Å². The Balaban J connectivity index is 1.55. The summed E-state index contributed by atoms with van der Waals surface area (Å²) >= 11 is 0. The van der Waals surface area contributed by atoms with Crippen LogP contribution in [-0.2, 0) is 32.0 Å². The fraction of sp³-hybridized carbons (Fsp3) is 0.412. The summed E-state index contributed by atoms with van der Waals surface area (Å²) in [6, 6.07) is 10.9. The molecular formula is C34H45N7O5. The molecule has 0 fully saturated rings. The number of para-hydroxylation sites is 2. The minimum Gasteiger partial charge on any atom is -0.480 e. The number of rotatable bonds is 17. The number of carboxylic acid groups (broad SMARTS) is 1. The first-order valence-corrected chi connectivity index (χ1v) is 15.8. The van der Waals surface area contributed by atoms with Gasteiger partial charge in [-0.1, -0.05) is 56.7 Å². The largest absolute Gasteiger partial charge is 0.480 e. The number of aromatic nitrogens is 2. The molecule has 3 amide bonds. The Morgan fingerprint density at radius 2 is 1.26 bits per heavy atom. The molecule has 0 aliphatic carbocycles. The van der Waals surface area contributed by atoms with Crippen molar-refractivity contribution in [1.82, 2.24) is 25.9 Å². The molecule has 12 nitrogen and oxygen atoms in total. The number of hydrogen-bond donors (Lipinski definition) is 8. The van der Waals surface area contributed by atoms with Gasteiger partial charge in [0.25, 0.3) is 0 Å². The Kier molecular flexibility index (Phi) is 11.9. The highest BCUT2D eigenvalue weighted by Crippen LogP contribution is 2.21. The molecular weight excluding hydrogens is 586 g/mol. The summed E-state index contributed by atoms with van der Waals surface area (Å²) in [6.45, 7) is 4.20. The predicted octanol–water partition coefficient (Wildman–Crippen LogP) is 2.48. The molecule has 0 radical (unpaired) electrons. The number of carboxylic acids is 1. The van der Waals surface area contributed by atoms with Gasteiger partial charge in [0.15, 0.2) is 0 Å². The Hall–Kier alpha value is -4.68. The van der Waals surface area contributed by atoms with Gasteiger partial charge in [0.1, 0.15) is 18.1 Å². The number of H-pyrrole nitrogens is 2. The van der Waals surface area contributed by atoms with Crippen molar-refractivity contribution in [3.05, 3.63) is 72.1 Å². The number of carbonyl (C=O) groups is 4. The molecule has 0 spiro atoms. The molecule has 0 aliphatic rings. The van der Waals surface area contributed by atoms with Crippen molar-refractivity contribution in [3.8, 4) is 0 Å². The summed E-state index contributed by atoms with van der Waals surface area (Å²) < 4.78 is 0. The number of aromatic amines is 2. The number of fused-ring (bicyclic) bond motifs is 2. The van der Waals surface area contributed by atoms with Crippen molar-refractivity contribution in [1.29, 1.82) is 0 Å². The second-order valence-electron chi connectivity index (χ2n) is 11.8. The monoisotopic (exact) mass is 631 g/mol. The van der Waals surface area contributed by atoms with Crippen LogP contribution in [0, 0.1) is 5.92 Å². The van der Waals surface area contributed by atoms with E-state index in [2.05, 4.69) is 25.9 Å². The standard InChI is InChI=1S/C34H45N7O5/c1-3-20(2)30(36)33(44)40-28(16-21-18-37-25-12-6-4-10-23(21)25)32(43)39-27(14-8-9-15-35)31(42)41-29(34(45)46)17-22-19-38-26-13-7-5-11-24(22)26/h4-7,10-13,18-20,27-30,37-38H,3,8-9,14-17,35-36H2,1-2H3,(H,39,43)(H,40,44)(H,41,42)(H,45,46). The predicted molar refractivity (Wildman–Crippen MR) is 178 cm³/mol. The third kappa shape index (κ3) is 8.52. The van der Waals surface area contributed by atoms with Gasteiger partial charge in [-0.15, -0.1) is 0 Å². The molecule has 0 aliphatic heterocycles. The lowest BCUT2D eigenvalue weighted by atomic mass is 9.98. The van der Waals surface area contributed by atoms with E-state index in [0.717, 1.165) is 32.9 Å². The Morgan fingerprint density at radius 3 is 1.80 bits per heavy atom. The number of nitrogens with one attached hydrogen (secondary N) is 5. The van der Waals surface area contributed by atoms with Crippen LogP contribution in [0.25, 0.3) is 21.8 Å². The first kappa shape index (κ1) is 34.2. The number of amides is 3. The summed E-state index contributed by atoms with van der Waals surface area (Å²) in [7, 11) is 0. The maximum absolute atomic E-state index is 13.9. The fourth-order valence-corrected chi connectivity index (χ4v) is 5.54. The zero-order valence-electron chi connectivity index (χ0n) is 26.3. The van der Waals surface area contributed by atoms with Gasteiger partial charge in [0, 0.05) is 47.0 Å². The van der Waals surface area contributed by atoms with E-state index in [-0.39, 0.29) is 25.2 Å². The number of carbonyl (C=O) groups excluding carboxylic acids is 3. The van der Waals surface area contributed by atoms with Gasteiger partial charge in [-0.05, 0) is 55.0 Å². The molecule has 46 heavy (non-hydrogen) atoms. The summed E-state index contributed by atoms with van der Waals surface area (Å²) in [5, 5.41) is 20.0. The molecule has 2 heterocycles. The van der Waals surface area contributed by atoms with Crippen LogP contribution < -0.4 is 27.4 Å². The lowest BCUT2D eigenvalue weighted by Gasteiger charge is -2.26. The van der Waals surface area contributed by atoms with Crippen LogP contribution in [0.1, 0.15) is 50.7 Å². The third-order valence-corrected chi connectivity index (χ3v) is 8.59. The van der Waals surface area contributed by atoms with Crippen LogP contribution >= 0.6 is 0 Å². The van der Waals surface area contributed by atoms with Crippen LogP contribution in [-0.4, -0.2) is 69.5 Å². The van der Waals surface area contributed by atoms with Crippen molar-refractivity contribution >= 4 is 45.5 Å². The highest BCUT2D eigenvalue weighted by Gasteiger charge is 2.32. The number of unbranched alkanes of at least 4 members (excludes halogenated alkanes) is 1. The minimum atomic E-state index is -1.24. The zero-order valence-corrected chi connectivity index (χ0v) is 26.3. The lowest BCUT2D eigenvalue weighted by Crippen LogP contribution is -2.58. The van der Waals surface area contributed by atoms with Gasteiger partial charge in [-0.2, -0.15) is 0 Å². The average Bonchev–Trinajstić information content (AvgIpc) is 3.66. The Morgan fingerprint density at radius 1 is 0.761 bits per heavy atom. The van der Waals surface area contributed by atoms with Gasteiger partial charge in [-0.25, -0.2) is 4.79 Å². The quantitative estimate of drug-likeness (QED) is 0.0816. The van der Waals surface area contributed by atoms with E-state index < -0.39 is 47.9 Å². The normalized spacial score (nSPS) is 14.7. The van der Waals surface area contributed by atoms with Crippen LogP contribution in [0.3, 0.4) is 0 Å². The van der Waals surface area contributed by atoms with Crippen LogP contribution in [0.2, 0.25) is 0 Å². The first-order chi connectivity index (χ1) is 22.1. The summed E-state index contributed by atoms with van der Waals surface area (Å²) in [4.78, 5) is 59.2. The number of hydrogen-bond acceptors (Lipinski definition) is 6. The van der Waals surface area contributed by atoms with Gasteiger partial charge in [0.2, 0.25) is 17.7 Å². The maximum Gasteiger partial charge on any atom is 0.326 e. The van der Waals surface area contributed by atoms with Crippen LogP contribution in [0.5, 0.6) is 0 Å². The van der Waals surface area contributed by atoms with E-state index in [4.69, 9.17) is 11.5 Å². The molecule has 2 aromatic heterocycles. The topological polar surface area (TPSA) is 208 Å². The highest BCUT2D eigenvalue weighted by atomic mass is 16.4. The van der Waals surface area contributed by atoms with E-state index in [1.54, 1.807) is 12.4 Å². The Labute approximate surface area is 268 Å². The molecule has 10 N–H and O–H groups in total. The number of aliphatic carboxylic acids is 1. The minimum absolute atomic E-state index is 0.0430. The van der Waals surface area contributed by atoms with Gasteiger partial charge >= 0.3 is 5.97 Å². The lowest BCUT2D eigenvalue weighted by molar-refractivity contribution is -0.142. The van der Waals surface area contributed by atoms with Crippen molar-refractivity contribution in [2.45, 2.75) is 76.5 Å². The molecule has 0 bridgehead atoms. The highest BCUT2D eigenvalue weighted by molar-refractivity contribution is 5.95. The van der Waals surface area contributed by atoms with Crippen molar-refractivity contribution in [2.75, 3.05) is 6.54 Å². The molecule has 4 aromatic rings. The molecule has 0 saturated carbocycles. The SMILES string of the molecule is CCC(C)C(N)C(=O)NC(Cc1c[nH]c2ccccc12)C(=O)NC(CCCCN)C(=O)NC(Cc1c[nH]c2ccccc12)C(=O)O. The van der Waals surface area contributed by atoms with Gasteiger partial charge < -0.3 is 42.5 Å². The molecule has 4 rings (SSSR count). The van der Waals surface area contributed by atoms with E-state index >= 15 is 0 Å². The van der Waals surface area contributed by atoms with E-state index in [9.17, 15) is 24.3 Å². The van der Waals surface area contributed by atoms with Gasteiger partial charge in [0.05, 0.1) is 6.04 Å². The molecule has 2 aromatic carbocycles. The van der Waals surface area contributed by atoms with Crippen molar-refractivity contribution in [2.24, 2.45) is 17.4 Å². The summed E-state index contributed by atoms with van der Waals surface area (Å²) in [6.07, 6.45) is 5.75. The van der Waals surface area contributed by atoms with E-state index in [1.807, 2.05) is 62.4 Å². The van der Waals surface area contributed by atoms with E-state index in [0.29, 0.717) is 25.8 Å². The third-order valence-electron chi connectivity index (χ3n) is 8.59. The average molecular weight is 632 g/mol. The molecule has 12 heteroatoms. The van der Waals surface area contributed by atoms with Crippen molar-refractivity contribution in [3.63, 3.8) is 0 Å². The second kappa shape index (κ2) is 16.1. The van der Waals surface area contributed by atoms with Crippen LogP contribution in [0.15, 0.2) is 60.9 Å². The number of benzene rings is 2. The molecule has 0 saturated heterocycles. The molecule has 5 unspecified atom stereocenters. The van der Waals surface area contributed by atoms with Gasteiger partial charge in [-0.3, -0.25) is 14.4 Å². The Bertz CT molecular complexity index is 1650. The molecule has 246 valence electrons. The summed E-state index contributed by atoms with van der Waals surface area (Å²) in [5.74, 6) is -2.99. The fourth-order valence-electron chi connectivity index (χ4n) is 5.54. The molecule has 5 atom stereocenters. The maximum atomic E-state index is 13.9. The summed E-state index contributed by atoms with van der Waals surface area (Å²) in [5.41, 5.74) is 15.2. The second-order valence-corrected chi connectivity index (χ2v) is 11.8. The van der Waals surface area contributed by atoms with Crippen molar-refractivity contribution < 1.29 is 24.3 Å². The van der Waals surface area contributed by atoms with E-state index in [1.165, 1.54) is 0 Å². The number of nitrogens with two attached hydrogens (primary N) is 2.